The largest absolute Gasteiger partial charge is 0.343 e. The molecule has 2 nitrogen and oxygen atoms in total. The number of allylic oxidation sites excluding steroid dienone is 4. The Morgan fingerprint density at radius 2 is 2.21 bits per heavy atom. The number of aromatic amines is 1. The smallest absolute Gasteiger partial charge is 0.103 e. The Balaban J connectivity index is 2.21. The van der Waals surface area contributed by atoms with Gasteiger partial charge in [-0.2, -0.15) is 0 Å². The van der Waals surface area contributed by atoms with Crippen LogP contribution in [0.15, 0.2) is 23.9 Å². The molecule has 0 fully saturated rings. The quantitative estimate of drug-likeness (QED) is 0.758. The minimum Gasteiger partial charge on any atom is -0.343 e. The summed E-state index contributed by atoms with van der Waals surface area (Å²) in [7, 11) is 0. The minimum atomic E-state index is 0.992. The SMILES string of the molecule is CCC1=CC=C(c2cnc(C)[nH]2)CC1. The molecule has 0 bridgehead atoms. The molecule has 0 amide bonds. The Hall–Kier alpha value is -1.31. The van der Waals surface area contributed by atoms with Crippen molar-refractivity contribution in [1.82, 2.24) is 9.97 Å². The van der Waals surface area contributed by atoms with Crippen molar-refractivity contribution < 1.29 is 0 Å². The lowest BCUT2D eigenvalue weighted by Crippen LogP contribution is -1.93. The predicted molar refractivity (Wildman–Crippen MR) is 58.9 cm³/mol. The summed E-state index contributed by atoms with van der Waals surface area (Å²) in [4.78, 5) is 7.48. The number of hydrogen-bond acceptors (Lipinski definition) is 1. The maximum atomic E-state index is 4.21. The van der Waals surface area contributed by atoms with Gasteiger partial charge in [-0.05, 0) is 31.8 Å². The molecule has 0 aromatic carbocycles. The highest BCUT2D eigenvalue weighted by Crippen LogP contribution is 2.26. The van der Waals surface area contributed by atoms with E-state index in [2.05, 4.69) is 29.0 Å². The summed E-state index contributed by atoms with van der Waals surface area (Å²) in [6.45, 7) is 4.20. The van der Waals surface area contributed by atoms with Crippen LogP contribution in [0.3, 0.4) is 0 Å². The zero-order valence-corrected chi connectivity index (χ0v) is 8.80. The first kappa shape index (κ1) is 9.25. The van der Waals surface area contributed by atoms with Gasteiger partial charge in [0.15, 0.2) is 0 Å². The summed E-state index contributed by atoms with van der Waals surface area (Å²) in [5.74, 6) is 0.992. The van der Waals surface area contributed by atoms with Gasteiger partial charge in [-0.25, -0.2) is 4.98 Å². The molecular formula is C12H16N2. The normalized spacial score (nSPS) is 16.4. The Morgan fingerprint density at radius 3 is 2.71 bits per heavy atom. The Morgan fingerprint density at radius 1 is 1.36 bits per heavy atom. The van der Waals surface area contributed by atoms with Crippen molar-refractivity contribution in [2.45, 2.75) is 33.1 Å². The molecule has 2 heteroatoms. The van der Waals surface area contributed by atoms with Crippen molar-refractivity contribution in [3.05, 3.63) is 35.4 Å². The van der Waals surface area contributed by atoms with Gasteiger partial charge in [0.05, 0.1) is 11.9 Å². The fraction of sp³-hybridized carbons (Fsp3) is 0.417. The Labute approximate surface area is 84.8 Å². The molecule has 1 aliphatic carbocycles. The van der Waals surface area contributed by atoms with Gasteiger partial charge in [-0.3, -0.25) is 0 Å². The summed E-state index contributed by atoms with van der Waals surface area (Å²) in [6, 6.07) is 0. The van der Waals surface area contributed by atoms with Crippen LogP contribution in [0, 0.1) is 6.92 Å². The molecule has 0 unspecified atom stereocenters. The number of rotatable bonds is 2. The monoisotopic (exact) mass is 188 g/mol. The summed E-state index contributed by atoms with van der Waals surface area (Å²) < 4.78 is 0. The van der Waals surface area contributed by atoms with Gasteiger partial charge in [0, 0.05) is 0 Å². The molecule has 0 spiro atoms. The summed E-state index contributed by atoms with van der Waals surface area (Å²) in [5, 5.41) is 0. The number of aromatic nitrogens is 2. The molecule has 0 atom stereocenters. The van der Waals surface area contributed by atoms with E-state index in [0.29, 0.717) is 0 Å². The van der Waals surface area contributed by atoms with Crippen molar-refractivity contribution in [3.8, 4) is 0 Å². The molecule has 1 aromatic heterocycles. The number of imidazole rings is 1. The van der Waals surface area contributed by atoms with Crippen molar-refractivity contribution in [2.75, 3.05) is 0 Å². The van der Waals surface area contributed by atoms with Gasteiger partial charge in [0.25, 0.3) is 0 Å². The van der Waals surface area contributed by atoms with E-state index < -0.39 is 0 Å². The average Bonchev–Trinajstić information content (AvgIpc) is 2.65. The van der Waals surface area contributed by atoms with E-state index in [1.54, 1.807) is 5.57 Å². The second kappa shape index (κ2) is 3.82. The number of nitrogens with one attached hydrogen (secondary N) is 1. The summed E-state index contributed by atoms with van der Waals surface area (Å²) in [5.41, 5.74) is 4.10. The molecule has 1 aliphatic rings. The van der Waals surface area contributed by atoms with Crippen LogP contribution in [0.5, 0.6) is 0 Å². The Bertz CT molecular complexity index is 383. The van der Waals surface area contributed by atoms with Crippen LogP contribution >= 0.6 is 0 Å². The van der Waals surface area contributed by atoms with Crippen LogP contribution in [0.2, 0.25) is 0 Å². The maximum absolute atomic E-state index is 4.21. The van der Waals surface area contributed by atoms with Crippen LogP contribution in [-0.4, -0.2) is 9.97 Å². The van der Waals surface area contributed by atoms with Gasteiger partial charge in [-0.1, -0.05) is 24.6 Å². The van der Waals surface area contributed by atoms with Gasteiger partial charge in [0.1, 0.15) is 5.82 Å². The predicted octanol–water partition coefficient (Wildman–Crippen LogP) is 3.23. The lowest BCUT2D eigenvalue weighted by atomic mass is 9.95. The molecule has 0 aliphatic heterocycles. The number of H-pyrrole nitrogens is 1. The molecule has 2 rings (SSSR count). The summed E-state index contributed by atoms with van der Waals surface area (Å²) >= 11 is 0. The lowest BCUT2D eigenvalue weighted by Gasteiger charge is -2.11. The van der Waals surface area contributed by atoms with E-state index in [-0.39, 0.29) is 0 Å². The van der Waals surface area contributed by atoms with E-state index in [4.69, 9.17) is 0 Å². The van der Waals surface area contributed by atoms with E-state index >= 15 is 0 Å². The van der Waals surface area contributed by atoms with Gasteiger partial charge in [-0.15, -0.1) is 0 Å². The second-order valence-electron chi connectivity index (χ2n) is 3.75. The lowest BCUT2D eigenvalue weighted by molar-refractivity contribution is 0.903. The first-order chi connectivity index (χ1) is 6.79. The molecule has 0 saturated carbocycles. The van der Waals surface area contributed by atoms with Crippen LogP contribution in [0.1, 0.15) is 37.7 Å². The molecule has 74 valence electrons. The number of aryl methyl sites for hydroxylation is 1. The van der Waals surface area contributed by atoms with Crippen LogP contribution < -0.4 is 0 Å². The highest BCUT2D eigenvalue weighted by Gasteiger charge is 2.08. The maximum Gasteiger partial charge on any atom is 0.103 e. The van der Waals surface area contributed by atoms with E-state index in [9.17, 15) is 0 Å². The summed E-state index contributed by atoms with van der Waals surface area (Å²) in [6.07, 6.45) is 9.89. The van der Waals surface area contributed by atoms with Crippen molar-refractivity contribution in [2.24, 2.45) is 0 Å². The topological polar surface area (TPSA) is 28.7 Å². The molecular weight excluding hydrogens is 172 g/mol. The van der Waals surface area contributed by atoms with E-state index in [1.807, 2.05) is 13.1 Å². The molecule has 14 heavy (non-hydrogen) atoms. The zero-order chi connectivity index (χ0) is 9.97. The number of hydrogen-bond donors (Lipinski definition) is 1. The fourth-order valence-electron chi connectivity index (χ4n) is 1.78. The highest BCUT2D eigenvalue weighted by molar-refractivity contribution is 5.65. The molecule has 1 heterocycles. The Kier molecular flexibility index (Phi) is 2.53. The molecule has 1 N–H and O–H groups in total. The third-order valence-corrected chi connectivity index (χ3v) is 2.74. The third-order valence-electron chi connectivity index (χ3n) is 2.74. The first-order valence-electron chi connectivity index (χ1n) is 5.20. The average molecular weight is 188 g/mol. The third kappa shape index (κ3) is 1.79. The standard InChI is InChI=1S/C12H16N2/c1-3-10-4-6-11(7-5-10)12-8-13-9(2)14-12/h4,6,8H,3,5,7H2,1-2H3,(H,13,14). The van der Waals surface area contributed by atoms with E-state index in [1.165, 1.54) is 24.1 Å². The van der Waals surface area contributed by atoms with Crippen molar-refractivity contribution in [1.29, 1.82) is 0 Å². The molecule has 0 saturated heterocycles. The molecule has 0 radical (unpaired) electrons. The van der Waals surface area contributed by atoms with Crippen molar-refractivity contribution >= 4 is 5.57 Å². The number of nitrogens with zero attached hydrogens (tertiary/aromatic N) is 1. The van der Waals surface area contributed by atoms with Crippen molar-refractivity contribution in [3.63, 3.8) is 0 Å². The zero-order valence-electron chi connectivity index (χ0n) is 8.80. The minimum absolute atomic E-state index is 0.992. The van der Waals surface area contributed by atoms with Gasteiger partial charge >= 0.3 is 0 Å². The first-order valence-corrected chi connectivity index (χ1v) is 5.20. The van der Waals surface area contributed by atoms with Crippen LogP contribution in [-0.2, 0) is 0 Å². The van der Waals surface area contributed by atoms with Crippen LogP contribution in [0.25, 0.3) is 5.57 Å². The van der Waals surface area contributed by atoms with E-state index in [0.717, 1.165) is 12.2 Å². The molecule has 1 aromatic rings. The van der Waals surface area contributed by atoms with Gasteiger partial charge in [0.2, 0.25) is 0 Å². The second-order valence-corrected chi connectivity index (χ2v) is 3.75. The fourth-order valence-corrected chi connectivity index (χ4v) is 1.78. The van der Waals surface area contributed by atoms with Gasteiger partial charge < -0.3 is 4.98 Å². The van der Waals surface area contributed by atoms with Crippen LogP contribution in [0.4, 0.5) is 0 Å². The highest BCUT2D eigenvalue weighted by atomic mass is 14.9.